The SMILES string of the molecule is Cc1cc(C(=O)O)ncc1NC(=O)OC(C)(C)C. The Balaban J connectivity index is 2.80. The highest BCUT2D eigenvalue weighted by molar-refractivity contribution is 5.88. The van der Waals surface area contributed by atoms with E-state index in [-0.39, 0.29) is 5.69 Å². The molecular weight excluding hydrogens is 236 g/mol. The lowest BCUT2D eigenvalue weighted by Gasteiger charge is -2.20. The Bertz CT molecular complexity index is 477. The number of carboxylic acids is 1. The predicted molar refractivity (Wildman–Crippen MR) is 65.8 cm³/mol. The molecule has 0 aliphatic heterocycles. The van der Waals surface area contributed by atoms with Crippen molar-refractivity contribution in [3.63, 3.8) is 0 Å². The molecule has 0 aliphatic rings. The van der Waals surface area contributed by atoms with Gasteiger partial charge in [0.1, 0.15) is 11.3 Å². The van der Waals surface area contributed by atoms with Gasteiger partial charge in [0.25, 0.3) is 0 Å². The van der Waals surface area contributed by atoms with Gasteiger partial charge in [-0.15, -0.1) is 0 Å². The van der Waals surface area contributed by atoms with E-state index in [4.69, 9.17) is 9.84 Å². The molecule has 0 unspecified atom stereocenters. The minimum absolute atomic E-state index is 0.0674. The summed E-state index contributed by atoms with van der Waals surface area (Å²) in [6, 6.07) is 1.38. The van der Waals surface area contributed by atoms with Gasteiger partial charge < -0.3 is 9.84 Å². The third kappa shape index (κ3) is 4.04. The van der Waals surface area contributed by atoms with Gasteiger partial charge in [0, 0.05) is 0 Å². The Morgan fingerprint density at radius 3 is 2.44 bits per heavy atom. The van der Waals surface area contributed by atoms with Crippen molar-refractivity contribution in [1.29, 1.82) is 0 Å². The summed E-state index contributed by atoms with van der Waals surface area (Å²) in [6.45, 7) is 6.95. The molecule has 1 amide bonds. The highest BCUT2D eigenvalue weighted by Gasteiger charge is 2.17. The molecule has 0 fully saturated rings. The Morgan fingerprint density at radius 1 is 1.39 bits per heavy atom. The van der Waals surface area contributed by atoms with Crippen molar-refractivity contribution in [3.8, 4) is 0 Å². The maximum atomic E-state index is 11.5. The van der Waals surface area contributed by atoms with Crippen LogP contribution in [0.3, 0.4) is 0 Å². The number of carbonyl (C=O) groups is 2. The second-order valence-electron chi connectivity index (χ2n) is 4.82. The number of carbonyl (C=O) groups excluding carboxylic acids is 1. The Labute approximate surface area is 105 Å². The van der Waals surface area contributed by atoms with Gasteiger partial charge in [-0.05, 0) is 39.3 Å². The molecule has 0 spiro atoms. The molecular formula is C12H16N2O4. The molecule has 0 aromatic carbocycles. The Morgan fingerprint density at radius 2 is 2.00 bits per heavy atom. The number of aromatic nitrogens is 1. The van der Waals surface area contributed by atoms with E-state index in [1.165, 1.54) is 12.3 Å². The number of nitrogens with zero attached hydrogens (tertiary/aromatic N) is 1. The van der Waals surface area contributed by atoms with Crippen LogP contribution in [0, 0.1) is 6.92 Å². The van der Waals surface area contributed by atoms with Crippen molar-refractivity contribution < 1.29 is 19.4 Å². The fraction of sp³-hybridized carbons (Fsp3) is 0.417. The number of rotatable bonds is 2. The lowest BCUT2D eigenvalue weighted by Crippen LogP contribution is -2.27. The monoisotopic (exact) mass is 252 g/mol. The Hall–Kier alpha value is -2.11. The van der Waals surface area contributed by atoms with Crippen molar-refractivity contribution in [2.45, 2.75) is 33.3 Å². The number of amides is 1. The quantitative estimate of drug-likeness (QED) is 0.843. The summed E-state index contributed by atoms with van der Waals surface area (Å²) in [5.74, 6) is -1.11. The Kier molecular flexibility index (Phi) is 3.90. The van der Waals surface area contributed by atoms with Gasteiger partial charge in [-0.3, -0.25) is 5.32 Å². The molecule has 0 atom stereocenters. The number of ether oxygens (including phenoxy) is 1. The van der Waals surface area contributed by atoms with Crippen LogP contribution in [0.25, 0.3) is 0 Å². The number of carboxylic acid groups (broad SMARTS) is 1. The zero-order valence-corrected chi connectivity index (χ0v) is 10.8. The van der Waals surface area contributed by atoms with E-state index in [1.807, 2.05) is 0 Å². The summed E-state index contributed by atoms with van der Waals surface area (Å²) in [4.78, 5) is 25.9. The highest BCUT2D eigenvalue weighted by atomic mass is 16.6. The van der Waals surface area contributed by atoms with Gasteiger partial charge >= 0.3 is 12.1 Å². The fourth-order valence-corrected chi connectivity index (χ4v) is 1.22. The van der Waals surface area contributed by atoms with Crippen LogP contribution in [0.15, 0.2) is 12.3 Å². The largest absolute Gasteiger partial charge is 0.477 e. The second kappa shape index (κ2) is 5.03. The zero-order valence-electron chi connectivity index (χ0n) is 10.8. The lowest BCUT2D eigenvalue weighted by molar-refractivity contribution is 0.0634. The first kappa shape index (κ1) is 14.0. The lowest BCUT2D eigenvalue weighted by atomic mass is 10.2. The van der Waals surface area contributed by atoms with Crippen molar-refractivity contribution in [2.24, 2.45) is 0 Å². The standard InChI is InChI=1S/C12H16N2O4/c1-7-5-8(10(15)16)13-6-9(7)14-11(17)18-12(2,3)4/h5-6H,1-4H3,(H,14,17)(H,15,16). The van der Waals surface area contributed by atoms with Crippen LogP contribution in [0.5, 0.6) is 0 Å². The summed E-state index contributed by atoms with van der Waals surface area (Å²) in [7, 11) is 0. The third-order valence-corrected chi connectivity index (χ3v) is 1.97. The van der Waals surface area contributed by atoms with Crippen LogP contribution in [0.1, 0.15) is 36.8 Å². The van der Waals surface area contributed by atoms with Gasteiger partial charge in [-0.1, -0.05) is 0 Å². The summed E-state index contributed by atoms with van der Waals surface area (Å²) >= 11 is 0. The van der Waals surface area contributed by atoms with Crippen LogP contribution < -0.4 is 5.32 Å². The molecule has 1 rings (SSSR count). The number of hydrogen-bond acceptors (Lipinski definition) is 4. The molecule has 18 heavy (non-hydrogen) atoms. The van der Waals surface area contributed by atoms with Crippen LogP contribution in [-0.2, 0) is 4.74 Å². The maximum Gasteiger partial charge on any atom is 0.412 e. The van der Waals surface area contributed by atoms with E-state index in [2.05, 4.69) is 10.3 Å². The number of aryl methyl sites for hydroxylation is 1. The molecule has 1 aromatic heterocycles. The first-order valence-electron chi connectivity index (χ1n) is 5.39. The van der Waals surface area contributed by atoms with Crippen LogP contribution in [0.2, 0.25) is 0 Å². The van der Waals surface area contributed by atoms with E-state index in [1.54, 1.807) is 27.7 Å². The van der Waals surface area contributed by atoms with E-state index < -0.39 is 17.7 Å². The fourth-order valence-electron chi connectivity index (χ4n) is 1.22. The molecule has 0 bridgehead atoms. The molecule has 0 saturated carbocycles. The van der Waals surface area contributed by atoms with Crippen LogP contribution in [0.4, 0.5) is 10.5 Å². The molecule has 0 saturated heterocycles. The first-order valence-corrected chi connectivity index (χ1v) is 5.39. The second-order valence-corrected chi connectivity index (χ2v) is 4.82. The molecule has 6 heteroatoms. The summed E-state index contributed by atoms with van der Waals surface area (Å²) < 4.78 is 5.08. The normalized spacial score (nSPS) is 10.9. The molecule has 0 aliphatic carbocycles. The smallest absolute Gasteiger partial charge is 0.412 e. The maximum absolute atomic E-state index is 11.5. The van der Waals surface area contributed by atoms with Crippen molar-refractivity contribution >= 4 is 17.7 Å². The first-order chi connectivity index (χ1) is 8.19. The highest BCUT2D eigenvalue weighted by Crippen LogP contribution is 2.16. The van der Waals surface area contributed by atoms with E-state index in [0.717, 1.165) is 0 Å². The number of pyridine rings is 1. The van der Waals surface area contributed by atoms with E-state index in [0.29, 0.717) is 11.3 Å². The summed E-state index contributed by atoms with van der Waals surface area (Å²) in [6.07, 6.45) is 0.693. The van der Waals surface area contributed by atoms with Crippen LogP contribution in [-0.4, -0.2) is 27.8 Å². The van der Waals surface area contributed by atoms with E-state index in [9.17, 15) is 9.59 Å². The molecule has 2 N–H and O–H groups in total. The zero-order chi connectivity index (χ0) is 13.9. The number of aromatic carboxylic acids is 1. The molecule has 6 nitrogen and oxygen atoms in total. The topological polar surface area (TPSA) is 88.5 Å². The average molecular weight is 252 g/mol. The van der Waals surface area contributed by atoms with Crippen molar-refractivity contribution in [3.05, 3.63) is 23.5 Å². The van der Waals surface area contributed by atoms with Gasteiger partial charge in [-0.25, -0.2) is 14.6 Å². The number of nitrogens with one attached hydrogen (secondary N) is 1. The summed E-state index contributed by atoms with van der Waals surface area (Å²) in [5, 5.41) is 11.3. The molecule has 0 radical (unpaired) electrons. The molecule has 1 aromatic rings. The third-order valence-electron chi connectivity index (χ3n) is 1.97. The van der Waals surface area contributed by atoms with Crippen molar-refractivity contribution in [1.82, 2.24) is 4.98 Å². The molecule has 98 valence electrons. The minimum Gasteiger partial charge on any atom is -0.477 e. The average Bonchev–Trinajstić information content (AvgIpc) is 2.17. The minimum atomic E-state index is -1.11. The number of hydrogen-bond donors (Lipinski definition) is 2. The summed E-state index contributed by atoms with van der Waals surface area (Å²) in [5.41, 5.74) is 0.372. The van der Waals surface area contributed by atoms with Gasteiger partial charge in [0.05, 0.1) is 11.9 Å². The van der Waals surface area contributed by atoms with Crippen molar-refractivity contribution in [2.75, 3.05) is 5.32 Å². The molecule has 1 heterocycles. The number of anilines is 1. The van der Waals surface area contributed by atoms with Gasteiger partial charge in [0.2, 0.25) is 0 Å². The predicted octanol–water partition coefficient (Wildman–Crippen LogP) is 2.44. The van der Waals surface area contributed by atoms with Crippen LogP contribution >= 0.6 is 0 Å². The van der Waals surface area contributed by atoms with Gasteiger partial charge in [-0.2, -0.15) is 0 Å². The van der Waals surface area contributed by atoms with Gasteiger partial charge in [0.15, 0.2) is 0 Å². The van der Waals surface area contributed by atoms with E-state index >= 15 is 0 Å².